The van der Waals surface area contributed by atoms with Crippen molar-refractivity contribution in [2.24, 2.45) is 23.0 Å². The summed E-state index contributed by atoms with van der Waals surface area (Å²) in [6, 6.07) is 5.09. The molecule has 7 aliphatic rings. The van der Waals surface area contributed by atoms with Gasteiger partial charge in [0.15, 0.2) is 30.4 Å². The van der Waals surface area contributed by atoms with Crippen molar-refractivity contribution in [2.45, 2.75) is 221 Å². The highest BCUT2D eigenvalue weighted by Crippen LogP contribution is 2.70. The van der Waals surface area contributed by atoms with Crippen LogP contribution in [0, 0.1) is 51.4 Å². The number of rotatable bonds is 24. The van der Waals surface area contributed by atoms with Gasteiger partial charge in [0.2, 0.25) is 17.2 Å². The van der Waals surface area contributed by atoms with Gasteiger partial charge < -0.3 is 98.4 Å². The molecule has 2 aromatic rings. The fourth-order valence-corrected chi connectivity index (χ4v) is 17.9. The van der Waals surface area contributed by atoms with Crippen LogP contribution in [-0.2, 0) is 58.9 Å². The Kier molecular flexibility index (Phi) is 26.3. The Balaban J connectivity index is 0.967. The lowest BCUT2D eigenvalue weighted by molar-refractivity contribution is -0.343. The number of halogens is 1. The van der Waals surface area contributed by atoms with Gasteiger partial charge in [-0.2, -0.15) is 5.48 Å². The van der Waals surface area contributed by atoms with Crippen molar-refractivity contribution in [1.29, 1.82) is 0 Å². The predicted octanol–water partition coefficient (Wildman–Crippen LogP) is 6.11. The molecule has 6 fully saturated rings. The fourth-order valence-electron chi connectivity index (χ4n) is 14.0. The minimum absolute atomic E-state index is 0.0208. The van der Waals surface area contributed by atoms with Gasteiger partial charge in [0.05, 0.1) is 83.2 Å². The Morgan fingerprint density at radius 3 is 2.22 bits per heavy atom. The van der Waals surface area contributed by atoms with E-state index >= 15 is 0 Å². The van der Waals surface area contributed by atoms with E-state index < -0.39 is 144 Å². The normalized spacial score (nSPS) is 36.2. The SMILES string of the molecule is CCN(C(=O)Nc1ccc(CN)cc1)[C@H]1CO[C@@H](O[C@H]2[C@H](O[C@H]3C#C/C=C(/C)C#CC45C(CC(C)=O)C(=O)C[C@]4(O)/C(=C/CSSC(C)(C)C)C35)O[C@H](C)[C@@H](NO[C@H]3C[C@H](O)[C@H](SC(=O)c4c(C)c(I)c(O[C@@H]5O[C@@H](C)[C@H](O)[C@@H](OC)[C@H]5O)c(OC)c4OC)[C@@H](C)O3)[C@@H]2O)C[C@@H]1OC. The quantitative estimate of drug-likeness (QED) is 0.0147. The number of hydrogen-bond donors (Lipinski definition) is 8. The second kappa shape index (κ2) is 33.1. The standard InChI is InChI=1S/C69H93IN4O21S3/c1-15-74(66(82)72-40-21-19-39(31-71)20-22-40)43-32-88-48(29-47(43)84-11)93-60-55(79)53(36(5)90-65(60)92-46-18-16-17-33(2)23-25-68-42(27-34(3)75)45(77)30-69(68,83)41(51(46)68)24-26-96-98-67(8,9)10)73-95-49-28-44(76)62(38(7)89-49)97-63(81)50-35(4)52(70)58(61(87-14)57(50)85-12)94-64-56(80)59(86-13)54(78)37(6)91-64/h17,19-22,24,36-38,42-44,46-49,51,53-56,59-60,62,64-65,73,76,78-80,83H,15,26-32,71H2,1-14H3,(H,72,82)/b33-17-,41-24+/t36-,37+,38-,42?,43+,44+,46+,47+,48+,49+,51?,53-,54+,55+,56-,59-,60-,62-,64+,65+,68?,69+/m1/s1. The number of aliphatic hydroxyl groups excluding tert-OH is 4. The molecule has 22 atom stereocenters. The number of ether oxygens (including phenoxy) is 11. The smallest absolute Gasteiger partial charge is 0.322 e. The van der Waals surface area contributed by atoms with E-state index in [0.717, 1.165) is 17.3 Å². The van der Waals surface area contributed by atoms with Crippen LogP contribution in [0.4, 0.5) is 10.5 Å². The molecule has 3 unspecified atom stereocenters. The number of methoxy groups -OCH3 is 4. The highest BCUT2D eigenvalue weighted by Gasteiger charge is 2.78. The first kappa shape index (κ1) is 78.0. The second-order valence-electron chi connectivity index (χ2n) is 26.6. The molecule has 0 aromatic heterocycles. The molecule has 3 aliphatic carbocycles. The predicted molar refractivity (Wildman–Crippen MR) is 375 cm³/mol. The van der Waals surface area contributed by atoms with Crippen molar-refractivity contribution in [3.8, 4) is 40.9 Å². The zero-order chi connectivity index (χ0) is 71.5. The lowest BCUT2D eigenvalue weighted by Crippen LogP contribution is -2.69. The zero-order valence-corrected chi connectivity index (χ0v) is 62.2. The van der Waals surface area contributed by atoms with Crippen LogP contribution >= 0.6 is 55.9 Å². The van der Waals surface area contributed by atoms with Crippen LogP contribution in [0.15, 0.2) is 47.6 Å². The molecule has 9 N–H and O–H groups in total. The molecule has 2 aromatic carbocycles. The summed E-state index contributed by atoms with van der Waals surface area (Å²) in [5, 5.41) is 61.1. The molecule has 0 bridgehead atoms. The number of carbonyl (C=O) groups is 4. The number of aliphatic hydroxyl groups is 5. The number of Topliss-reactive ketones (excluding diaryl/α,β-unsaturated/α-hetero) is 2. The van der Waals surface area contributed by atoms with Crippen LogP contribution < -0.4 is 30.7 Å². The number of ketones is 2. The topological polar surface area (TPSA) is 334 Å². The first-order valence-corrected chi connectivity index (χ1v) is 37.0. The van der Waals surface area contributed by atoms with Crippen LogP contribution in [0.25, 0.3) is 0 Å². The Morgan fingerprint density at radius 1 is 0.888 bits per heavy atom. The van der Waals surface area contributed by atoms with Gasteiger partial charge in [-0.05, 0) is 106 Å². The number of amides is 2. The number of urea groups is 1. The zero-order valence-electron chi connectivity index (χ0n) is 57.6. The van der Waals surface area contributed by atoms with Gasteiger partial charge in [-0.15, -0.1) is 0 Å². The number of hydrogen-bond acceptors (Lipinski definition) is 26. The third-order valence-corrected chi connectivity index (χ3v) is 24.8. The van der Waals surface area contributed by atoms with Gasteiger partial charge in [-0.3, -0.25) is 14.4 Å². The number of carbonyl (C=O) groups excluding carboxylic acids is 4. The van der Waals surface area contributed by atoms with E-state index in [1.54, 1.807) is 79.3 Å². The Bertz CT molecular complexity index is 3400. The summed E-state index contributed by atoms with van der Waals surface area (Å²) in [6.07, 6.45) is -14.3. The molecular weight excluding hydrogens is 1440 g/mol. The molecule has 4 heterocycles. The monoisotopic (exact) mass is 1540 g/mol. The summed E-state index contributed by atoms with van der Waals surface area (Å²) in [7, 11) is 8.83. The summed E-state index contributed by atoms with van der Waals surface area (Å²) < 4.78 is 69.0. The summed E-state index contributed by atoms with van der Waals surface area (Å²) in [5.41, 5.74) is 8.50. The van der Waals surface area contributed by atoms with Gasteiger partial charge in [0.25, 0.3) is 0 Å². The molecule has 9 rings (SSSR count). The Morgan fingerprint density at radius 2 is 1.59 bits per heavy atom. The molecule has 4 aliphatic heterocycles. The van der Waals surface area contributed by atoms with Crippen molar-refractivity contribution < 1.29 is 102 Å². The molecule has 2 amide bonds. The number of hydroxylamine groups is 1. The van der Waals surface area contributed by atoms with Crippen molar-refractivity contribution in [3.05, 3.63) is 67.8 Å². The average Bonchev–Trinajstić information content (AvgIpc) is 1.44. The maximum absolute atomic E-state index is 14.6. The lowest BCUT2D eigenvalue weighted by Gasteiger charge is -2.60. The molecule has 0 radical (unpaired) electrons. The average molecular weight is 1540 g/mol. The first-order valence-electron chi connectivity index (χ1n) is 32.7. The van der Waals surface area contributed by atoms with Gasteiger partial charge >= 0.3 is 6.03 Å². The molecule has 29 heteroatoms. The van der Waals surface area contributed by atoms with Crippen LogP contribution in [0.2, 0.25) is 0 Å². The maximum atomic E-state index is 14.6. The van der Waals surface area contributed by atoms with Crippen LogP contribution in [-0.4, -0.2) is 220 Å². The van der Waals surface area contributed by atoms with Crippen molar-refractivity contribution in [1.82, 2.24) is 10.4 Å². The number of benzene rings is 2. The highest BCUT2D eigenvalue weighted by molar-refractivity contribution is 14.1. The summed E-state index contributed by atoms with van der Waals surface area (Å²) in [6.45, 7) is 18.5. The van der Waals surface area contributed by atoms with Gasteiger partial charge in [0, 0.05) is 86.6 Å². The molecule has 98 heavy (non-hydrogen) atoms. The van der Waals surface area contributed by atoms with Crippen LogP contribution in [0.5, 0.6) is 17.2 Å². The van der Waals surface area contributed by atoms with Gasteiger partial charge in [0.1, 0.15) is 53.8 Å². The molecular formula is C69H93IN4O21S3. The number of thioether (sulfide) groups is 1. The van der Waals surface area contributed by atoms with Crippen molar-refractivity contribution in [3.63, 3.8) is 0 Å². The van der Waals surface area contributed by atoms with E-state index in [1.165, 1.54) is 35.4 Å². The number of nitrogens with zero attached hydrogens (tertiary/aromatic N) is 1. The van der Waals surface area contributed by atoms with Gasteiger partial charge in [-0.1, -0.05) is 96.0 Å². The van der Waals surface area contributed by atoms with Crippen LogP contribution in [0.1, 0.15) is 109 Å². The number of nitrogens with one attached hydrogen (secondary N) is 2. The number of likely N-dealkylation sites (N-methyl/N-ethyl adjacent to an activating group) is 1. The minimum Gasteiger partial charge on any atom is -0.492 e. The van der Waals surface area contributed by atoms with E-state index in [-0.39, 0.29) is 78.0 Å². The second-order valence-corrected chi connectivity index (χ2v) is 32.0. The summed E-state index contributed by atoms with van der Waals surface area (Å²) in [5.74, 6) is 10.9. The van der Waals surface area contributed by atoms with E-state index in [0.29, 0.717) is 38.3 Å². The minimum atomic E-state index is -1.78. The number of anilines is 1. The van der Waals surface area contributed by atoms with E-state index in [9.17, 15) is 44.7 Å². The summed E-state index contributed by atoms with van der Waals surface area (Å²) >= 11 is 2.83. The van der Waals surface area contributed by atoms with Gasteiger partial charge in [-0.25, -0.2) is 4.79 Å². The van der Waals surface area contributed by atoms with E-state index in [4.69, 9.17) is 62.7 Å². The molecule has 2 saturated carbocycles. The Labute approximate surface area is 598 Å². The van der Waals surface area contributed by atoms with Crippen LogP contribution in [0.3, 0.4) is 0 Å². The van der Waals surface area contributed by atoms with E-state index in [1.807, 2.05) is 47.7 Å². The summed E-state index contributed by atoms with van der Waals surface area (Å²) in [4.78, 5) is 63.8. The Hall–Kier alpha value is -4.14. The molecule has 1 spiro atoms. The van der Waals surface area contributed by atoms with E-state index in [2.05, 4.69) is 55.2 Å². The largest absolute Gasteiger partial charge is 0.492 e. The molecule has 4 saturated heterocycles. The fraction of sp³-hybridized carbons (Fsp3) is 0.652. The number of allylic oxidation sites excluding steroid dienone is 2. The lowest BCUT2D eigenvalue weighted by atomic mass is 9.44. The maximum Gasteiger partial charge on any atom is 0.322 e. The third kappa shape index (κ3) is 16.3. The van der Waals surface area contributed by atoms with Crippen molar-refractivity contribution >= 4 is 84.3 Å². The third-order valence-electron chi connectivity index (χ3n) is 18.9. The number of nitrogens with two attached hydrogens (primary N) is 1. The molecule has 540 valence electrons. The molecule has 25 nitrogen and oxygen atoms in total. The highest BCUT2D eigenvalue weighted by atomic mass is 127. The first-order chi connectivity index (χ1) is 46.5. The van der Waals surface area contributed by atoms with Crippen molar-refractivity contribution in [2.75, 3.05) is 52.7 Å².